The van der Waals surface area contributed by atoms with E-state index in [4.69, 9.17) is 4.84 Å². The molecule has 3 nitrogen and oxygen atoms in total. The zero-order valence-electron chi connectivity index (χ0n) is 9.31. The van der Waals surface area contributed by atoms with E-state index < -0.39 is 0 Å². The second-order valence-electron chi connectivity index (χ2n) is 3.60. The quantitative estimate of drug-likeness (QED) is 0.444. The van der Waals surface area contributed by atoms with Gasteiger partial charge in [0.15, 0.2) is 0 Å². The Kier molecular flexibility index (Phi) is 9.87. The van der Waals surface area contributed by atoms with Gasteiger partial charge in [0.1, 0.15) is 0 Å². The first-order valence-electron chi connectivity index (χ1n) is 5.32. The highest BCUT2D eigenvalue weighted by atomic mass is 16.7. The van der Waals surface area contributed by atoms with Crippen molar-refractivity contribution in [3.8, 4) is 0 Å². The molecule has 13 heavy (non-hydrogen) atoms. The predicted molar refractivity (Wildman–Crippen MR) is 56.2 cm³/mol. The van der Waals surface area contributed by atoms with Crippen LogP contribution < -0.4 is 5.59 Å². The molecular formula is C10H24N2O. The summed E-state index contributed by atoms with van der Waals surface area (Å²) >= 11 is 0. The van der Waals surface area contributed by atoms with Gasteiger partial charge in [-0.2, -0.15) is 0 Å². The Morgan fingerprint density at radius 2 is 1.62 bits per heavy atom. The van der Waals surface area contributed by atoms with Crippen molar-refractivity contribution in [3.63, 3.8) is 0 Å². The van der Waals surface area contributed by atoms with E-state index in [1.54, 1.807) is 5.01 Å². The van der Waals surface area contributed by atoms with Gasteiger partial charge in [0.25, 0.3) is 0 Å². The Hall–Kier alpha value is -0.120. The van der Waals surface area contributed by atoms with Gasteiger partial charge in [0.2, 0.25) is 0 Å². The number of unbranched alkanes of at least 4 members (excludes halogenated alkanes) is 5. The highest BCUT2D eigenvalue weighted by Crippen LogP contribution is 2.04. The number of hydrogen-bond acceptors (Lipinski definition) is 3. The van der Waals surface area contributed by atoms with Crippen LogP contribution in [0.15, 0.2) is 0 Å². The summed E-state index contributed by atoms with van der Waals surface area (Å²) in [5.41, 5.74) is 2.78. The minimum Gasteiger partial charge on any atom is -0.287 e. The summed E-state index contributed by atoms with van der Waals surface area (Å²) in [6, 6.07) is 0. The fraction of sp³-hybridized carbons (Fsp3) is 1.00. The molecule has 3 heteroatoms. The summed E-state index contributed by atoms with van der Waals surface area (Å²) in [5.74, 6) is 0. The van der Waals surface area contributed by atoms with Crippen molar-refractivity contribution in [3.05, 3.63) is 0 Å². The van der Waals surface area contributed by atoms with Crippen molar-refractivity contribution in [2.45, 2.75) is 45.4 Å². The van der Waals surface area contributed by atoms with Crippen molar-refractivity contribution in [2.24, 2.45) is 0 Å². The van der Waals surface area contributed by atoms with Gasteiger partial charge in [-0.25, -0.2) is 5.01 Å². The van der Waals surface area contributed by atoms with E-state index in [1.165, 1.54) is 32.1 Å². The SMILES string of the molecule is CCCCCCCCONN(C)C. The number of nitrogens with zero attached hydrogens (tertiary/aromatic N) is 1. The molecule has 0 fully saturated rings. The van der Waals surface area contributed by atoms with Crippen LogP contribution in [0.4, 0.5) is 0 Å². The molecule has 0 heterocycles. The normalized spacial score (nSPS) is 11.1. The third-order valence-electron chi connectivity index (χ3n) is 1.85. The van der Waals surface area contributed by atoms with Crippen LogP contribution >= 0.6 is 0 Å². The van der Waals surface area contributed by atoms with E-state index in [0.29, 0.717) is 0 Å². The maximum atomic E-state index is 5.18. The zero-order chi connectivity index (χ0) is 9.94. The maximum absolute atomic E-state index is 5.18. The summed E-state index contributed by atoms with van der Waals surface area (Å²) < 4.78 is 0. The summed E-state index contributed by atoms with van der Waals surface area (Å²) in [4.78, 5) is 5.18. The number of rotatable bonds is 9. The molecule has 0 aliphatic rings. The van der Waals surface area contributed by atoms with Crippen LogP contribution in [-0.2, 0) is 4.84 Å². The third-order valence-corrected chi connectivity index (χ3v) is 1.85. The smallest absolute Gasteiger partial charge is 0.0698 e. The lowest BCUT2D eigenvalue weighted by molar-refractivity contribution is -0.0603. The molecule has 0 atom stereocenters. The van der Waals surface area contributed by atoms with Gasteiger partial charge in [-0.1, -0.05) is 39.0 Å². The monoisotopic (exact) mass is 188 g/mol. The molecular weight excluding hydrogens is 164 g/mol. The first-order chi connectivity index (χ1) is 6.27. The summed E-state index contributed by atoms with van der Waals surface area (Å²) in [6.45, 7) is 3.05. The van der Waals surface area contributed by atoms with E-state index in [2.05, 4.69) is 12.5 Å². The topological polar surface area (TPSA) is 24.5 Å². The van der Waals surface area contributed by atoms with Crippen LogP contribution in [0.5, 0.6) is 0 Å². The summed E-state index contributed by atoms with van der Waals surface area (Å²) in [7, 11) is 3.84. The van der Waals surface area contributed by atoms with Crippen molar-refractivity contribution in [1.29, 1.82) is 0 Å². The lowest BCUT2D eigenvalue weighted by Crippen LogP contribution is -2.30. The van der Waals surface area contributed by atoms with Crippen LogP contribution in [0.3, 0.4) is 0 Å². The Balaban J connectivity index is 2.84. The van der Waals surface area contributed by atoms with Gasteiger partial charge < -0.3 is 0 Å². The number of hydrogen-bond donors (Lipinski definition) is 1. The summed E-state index contributed by atoms with van der Waals surface area (Å²) in [6.07, 6.45) is 7.85. The second-order valence-corrected chi connectivity index (χ2v) is 3.60. The van der Waals surface area contributed by atoms with E-state index >= 15 is 0 Å². The van der Waals surface area contributed by atoms with Gasteiger partial charge in [-0.15, -0.1) is 5.59 Å². The van der Waals surface area contributed by atoms with E-state index in [0.717, 1.165) is 13.0 Å². The zero-order valence-corrected chi connectivity index (χ0v) is 9.31. The third kappa shape index (κ3) is 11.9. The van der Waals surface area contributed by atoms with Crippen molar-refractivity contribution in [1.82, 2.24) is 10.6 Å². The Bertz CT molecular complexity index is 96.9. The fourth-order valence-electron chi connectivity index (χ4n) is 1.13. The molecule has 0 aromatic heterocycles. The van der Waals surface area contributed by atoms with Crippen LogP contribution in [-0.4, -0.2) is 25.7 Å². The molecule has 1 N–H and O–H groups in total. The molecule has 80 valence electrons. The Morgan fingerprint density at radius 3 is 2.23 bits per heavy atom. The highest BCUT2D eigenvalue weighted by molar-refractivity contribution is 4.42. The van der Waals surface area contributed by atoms with E-state index in [1.807, 2.05) is 14.1 Å². The molecule has 0 radical (unpaired) electrons. The molecule has 0 unspecified atom stereocenters. The van der Waals surface area contributed by atoms with Gasteiger partial charge in [-0.3, -0.25) is 4.84 Å². The minimum absolute atomic E-state index is 0.810. The average Bonchev–Trinajstić information content (AvgIpc) is 2.09. The molecule has 0 spiro atoms. The van der Waals surface area contributed by atoms with Crippen LogP contribution in [0.2, 0.25) is 0 Å². The maximum Gasteiger partial charge on any atom is 0.0698 e. The molecule has 0 aliphatic heterocycles. The number of nitrogens with one attached hydrogen (secondary N) is 1. The predicted octanol–water partition coefficient (Wildman–Crippen LogP) is 2.34. The standard InChI is InChI=1S/C10H24N2O/c1-4-5-6-7-8-9-10-13-11-12(2)3/h11H,4-10H2,1-3H3. The molecule has 0 amide bonds. The van der Waals surface area contributed by atoms with Crippen molar-refractivity contribution < 1.29 is 4.84 Å². The van der Waals surface area contributed by atoms with Crippen LogP contribution in [0, 0.1) is 0 Å². The second kappa shape index (κ2) is 9.96. The van der Waals surface area contributed by atoms with E-state index in [9.17, 15) is 0 Å². The van der Waals surface area contributed by atoms with Crippen LogP contribution in [0.1, 0.15) is 45.4 Å². The fourth-order valence-corrected chi connectivity index (χ4v) is 1.13. The van der Waals surface area contributed by atoms with Gasteiger partial charge in [0.05, 0.1) is 6.61 Å². The van der Waals surface area contributed by atoms with Crippen molar-refractivity contribution >= 4 is 0 Å². The lowest BCUT2D eigenvalue weighted by Gasteiger charge is -2.11. The van der Waals surface area contributed by atoms with Gasteiger partial charge >= 0.3 is 0 Å². The van der Waals surface area contributed by atoms with Gasteiger partial charge in [0, 0.05) is 14.1 Å². The Morgan fingerprint density at radius 1 is 1.00 bits per heavy atom. The average molecular weight is 188 g/mol. The van der Waals surface area contributed by atoms with E-state index in [-0.39, 0.29) is 0 Å². The highest BCUT2D eigenvalue weighted by Gasteiger charge is 1.91. The first kappa shape index (κ1) is 12.9. The molecule has 0 rings (SSSR count). The Labute approximate surface area is 82.4 Å². The van der Waals surface area contributed by atoms with Crippen molar-refractivity contribution in [2.75, 3.05) is 20.7 Å². The molecule has 0 aromatic rings. The lowest BCUT2D eigenvalue weighted by atomic mass is 10.1. The molecule has 0 aliphatic carbocycles. The van der Waals surface area contributed by atoms with Gasteiger partial charge in [-0.05, 0) is 6.42 Å². The first-order valence-corrected chi connectivity index (χ1v) is 5.32. The van der Waals surface area contributed by atoms with Crippen LogP contribution in [0.25, 0.3) is 0 Å². The summed E-state index contributed by atoms with van der Waals surface area (Å²) in [5, 5.41) is 1.80. The molecule has 0 aromatic carbocycles. The molecule has 0 saturated carbocycles. The largest absolute Gasteiger partial charge is 0.287 e. The molecule has 0 bridgehead atoms. The number of hydrazine groups is 1. The minimum atomic E-state index is 0.810. The molecule has 0 saturated heterocycles.